The molecule has 4 aromatic rings. The molecule has 0 saturated heterocycles. The summed E-state index contributed by atoms with van der Waals surface area (Å²) in [6, 6.07) is 15.2. The van der Waals surface area contributed by atoms with Crippen molar-refractivity contribution in [3.8, 4) is 11.5 Å². The minimum absolute atomic E-state index is 0.150. The van der Waals surface area contributed by atoms with Gasteiger partial charge in [0.05, 0.1) is 28.0 Å². The van der Waals surface area contributed by atoms with E-state index in [4.69, 9.17) is 8.83 Å². The maximum Gasteiger partial charge on any atom is 0.344 e. The van der Waals surface area contributed by atoms with E-state index in [1.807, 2.05) is 0 Å². The van der Waals surface area contributed by atoms with Crippen molar-refractivity contribution in [2.24, 2.45) is 0 Å². The normalized spacial score (nSPS) is 12.5. The van der Waals surface area contributed by atoms with Gasteiger partial charge in [-0.3, -0.25) is 0 Å². The number of para-hydroxylation sites is 1. The Morgan fingerprint density at radius 2 is 1.45 bits per heavy atom. The Kier molecular flexibility index (Phi) is 5.21. The van der Waals surface area contributed by atoms with E-state index in [9.17, 15) is 19.8 Å². The third-order valence-corrected chi connectivity index (χ3v) is 5.22. The molecule has 31 heavy (non-hydrogen) atoms. The number of hydrogen-bond acceptors (Lipinski definition) is 6. The van der Waals surface area contributed by atoms with Crippen molar-refractivity contribution in [1.82, 2.24) is 0 Å². The van der Waals surface area contributed by atoms with Crippen molar-refractivity contribution < 1.29 is 19.0 Å². The van der Waals surface area contributed by atoms with Crippen LogP contribution in [-0.4, -0.2) is 10.2 Å². The van der Waals surface area contributed by atoms with Crippen LogP contribution in [0, 0.1) is 6.92 Å². The second-order valence-corrected chi connectivity index (χ2v) is 7.11. The van der Waals surface area contributed by atoms with E-state index in [1.165, 1.54) is 0 Å². The first kappa shape index (κ1) is 20.2. The fourth-order valence-corrected chi connectivity index (χ4v) is 3.80. The van der Waals surface area contributed by atoms with E-state index < -0.39 is 17.2 Å². The van der Waals surface area contributed by atoms with E-state index in [2.05, 4.69) is 0 Å². The minimum atomic E-state index is -1.11. The van der Waals surface area contributed by atoms with E-state index in [0.29, 0.717) is 16.5 Å². The molecule has 2 aromatic carbocycles. The Balaban J connectivity index is 2.14. The summed E-state index contributed by atoms with van der Waals surface area (Å²) in [4.78, 5) is 25.9. The highest BCUT2D eigenvalue weighted by atomic mass is 16.4. The lowest BCUT2D eigenvalue weighted by Crippen LogP contribution is -2.22. The standard InChI is InChI=1S/C25H20O6/c1-3-9-16-14(2)30-24(28)20(22(16)26)19(15-10-5-4-6-11-15)21-23(27)17-12-7-8-13-18(17)31-25(21)29/h3-13,19,26-27H,1-2H3/b9-3-. The molecule has 0 bridgehead atoms. The van der Waals surface area contributed by atoms with Crippen LogP contribution in [0.5, 0.6) is 11.5 Å². The topological polar surface area (TPSA) is 101 Å². The number of aryl methyl sites for hydroxylation is 1. The molecule has 0 amide bonds. The van der Waals surface area contributed by atoms with Gasteiger partial charge >= 0.3 is 11.3 Å². The van der Waals surface area contributed by atoms with Gasteiger partial charge in [-0.2, -0.15) is 0 Å². The van der Waals surface area contributed by atoms with Crippen LogP contribution in [0.2, 0.25) is 0 Å². The van der Waals surface area contributed by atoms with Crippen molar-refractivity contribution in [2.75, 3.05) is 0 Å². The Morgan fingerprint density at radius 3 is 2.16 bits per heavy atom. The summed E-state index contributed by atoms with van der Waals surface area (Å²) in [7, 11) is 0. The molecule has 0 aliphatic carbocycles. The molecule has 0 spiro atoms. The molecule has 156 valence electrons. The van der Waals surface area contributed by atoms with Gasteiger partial charge in [-0.25, -0.2) is 9.59 Å². The average molecular weight is 416 g/mol. The molecule has 2 aromatic heterocycles. The Morgan fingerprint density at radius 1 is 0.839 bits per heavy atom. The highest BCUT2D eigenvalue weighted by Crippen LogP contribution is 2.41. The fourth-order valence-electron chi connectivity index (χ4n) is 3.80. The number of fused-ring (bicyclic) bond motifs is 1. The predicted octanol–water partition coefficient (Wildman–Crippen LogP) is 4.68. The van der Waals surface area contributed by atoms with Crippen LogP contribution in [0.1, 0.15) is 40.9 Å². The molecule has 1 unspecified atom stereocenters. The molecular formula is C25H20O6. The average Bonchev–Trinajstić information content (AvgIpc) is 2.76. The minimum Gasteiger partial charge on any atom is -0.507 e. The van der Waals surface area contributed by atoms with E-state index in [-0.39, 0.29) is 34.0 Å². The zero-order valence-corrected chi connectivity index (χ0v) is 17.0. The molecule has 0 radical (unpaired) electrons. The molecule has 4 rings (SSSR count). The molecular weight excluding hydrogens is 396 g/mol. The number of rotatable bonds is 4. The molecule has 2 heterocycles. The van der Waals surface area contributed by atoms with E-state index in [0.717, 1.165) is 0 Å². The number of hydrogen-bond donors (Lipinski definition) is 2. The van der Waals surface area contributed by atoms with Gasteiger partial charge < -0.3 is 19.0 Å². The Hall–Kier alpha value is -4.06. The Labute approximate surface area is 177 Å². The van der Waals surface area contributed by atoms with Gasteiger partial charge in [0.25, 0.3) is 0 Å². The maximum absolute atomic E-state index is 13.0. The van der Waals surface area contributed by atoms with Gasteiger partial charge in [0.15, 0.2) is 0 Å². The number of aromatic hydroxyl groups is 2. The lowest BCUT2D eigenvalue weighted by molar-refractivity contribution is 0.414. The first-order chi connectivity index (χ1) is 14.9. The fraction of sp³-hybridized carbons (Fsp3) is 0.120. The van der Waals surface area contributed by atoms with Crippen LogP contribution < -0.4 is 11.3 Å². The van der Waals surface area contributed by atoms with Crippen molar-refractivity contribution in [3.05, 3.63) is 110 Å². The molecule has 0 aliphatic rings. The van der Waals surface area contributed by atoms with Gasteiger partial charge in [0.1, 0.15) is 22.8 Å². The molecule has 0 aliphatic heterocycles. The first-order valence-electron chi connectivity index (χ1n) is 9.73. The largest absolute Gasteiger partial charge is 0.507 e. The third-order valence-electron chi connectivity index (χ3n) is 5.22. The summed E-state index contributed by atoms with van der Waals surface area (Å²) >= 11 is 0. The highest BCUT2D eigenvalue weighted by molar-refractivity contribution is 5.84. The van der Waals surface area contributed by atoms with Gasteiger partial charge in [-0.1, -0.05) is 54.6 Å². The smallest absolute Gasteiger partial charge is 0.344 e. The molecule has 2 N–H and O–H groups in total. The van der Waals surface area contributed by atoms with Crippen LogP contribution in [0.4, 0.5) is 0 Å². The second-order valence-electron chi connectivity index (χ2n) is 7.11. The summed E-state index contributed by atoms with van der Waals surface area (Å²) in [6.07, 6.45) is 3.31. The number of benzene rings is 2. The SMILES string of the molecule is C/C=C\c1c(C)oc(=O)c(C(c2ccccc2)c2c(O)c3ccccc3oc2=O)c1O. The lowest BCUT2D eigenvalue weighted by atomic mass is 9.84. The molecule has 6 nitrogen and oxygen atoms in total. The molecule has 0 fully saturated rings. The summed E-state index contributed by atoms with van der Waals surface area (Å²) in [5.74, 6) is -1.49. The van der Waals surface area contributed by atoms with Gasteiger partial charge in [0.2, 0.25) is 0 Å². The quantitative estimate of drug-likeness (QED) is 0.469. The van der Waals surface area contributed by atoms with Crippen molar-refractivity contribution in [3.63, 3.8) is 0 Å². The summed E-state index contributed by atoms with van der Waals surface area (Å²) in [5, 5.41) is 22.4. The monoisotopic (exact) mass is 416 g/mol. The van der Waals surface area contributed by atoms with Gasteiger partial charge in [-0.15, -0.1) is 0 Å². The summed E-state index contributed by atoms with van der Waals surface area (Å²) in [5.41, 5.74) is -0.858. The maximum atomic E-state index is 13.0. The van der Waals surface area contributed by atoms with Crippen molar-refractivity contribution >= 4 is 17.0 Å². The van der Waals surface area contributed by atoms with Gasteiger partial charge in [0, 0.05) is 0 Å². The molecule has 1 atom stereocenters. The van der Waals surface area contributed by atoms with E-state index >= 15 is 0 Å². The third kappa shape index (κ3) is 3.42. The van der Waals surface area contributed by atoms with Gasteiger partial charge in [-0.05, 0) is 31.5 Å². The van der Waals surface area contributed by atoms with Crippen molar-refractivity contribution in [1.29, 1.82) is 0 Å². The van der Waals surface area contributed by atoms with E-state index in [1.54, 1.807) is 80.6 Å². The van der Waals surface area contributed by atoms with Crippen molar-refractivity contribution in [2.45, 2.75) is 19.8 Å². The summed E-state index contributed by atoms with van der Waals surface area (Å²) in [6.45, 7) is 3.34. The molecule has 6 heteroatoms. The summed E-state index contributed by atoms with van der Waals surface area (Å²) < 4.78 is 10.8. The lowest BCUT2D eigenvalue weighted by Gasteiger charge is -2.20. The highest BCUT2D eigenvalue weighted by Gasteiger charge is 2.32. The predicted molar refractivity (Wildman–Crippen MR) is 118 cm³/mol. The Bertz CT molecular complexity index is 1410. The second kappa shape index (κ2) is 7.99. The van der Waals surface area contributed by atoms with Crippen LogP contribution in [-0.2, 0) is 0 Å². The first-order valence-corrected chi connectivity index (χ1v) is 9.73. The van der Waals surface area contributed by atoms with Crippen LogP contribution in [0.25, 0.3) is 17.0 Å². The molecule has 0 saturated carbocycles. The zero-order chi connectivity index (χ0) is 22.1. The van der Waals surface area contributed by atoms with Crippen LogP contribution in [0.3, 0.4) is 0 Å². The van der Waals surface area contributed by atoms with Crippen LogP contribution in [0.15, 0.2) is 79.1 Å². The van der Waals surface area contributed by atoms with Crippen LogP contribution >= 0.6 is 0 Å². The number of allylic oxidation sites excluding steroid dienone is 1. The zero-order valence-electron chi connectivity index (χ0n) is 17.0.